The molecule has 0 saturated carbocycles. The molecule has 0 fully saturated rings. The Morgan fingerprint density at radius 3 is 2.63 bits per heavy atom. The summed E-state index contributed by atoms with van der Waals surface area (Å²) in [5.41, 5.74) is 1.22. The summed E-state index contributed by atoms with van der Waals surface area (Å²) >= 11 is 0. The molecule has 2 amide bonds. The van der Waals surface area contributed by atoms with Crippen molar-refractivity contribution in [1.29, 1.82) is 0 Å². The first-order chi connectivity index (χ1) is 14.6. The Hall–Kier alpha value is -3.94. The number of carbonyl (C=O) groups is 2. The molecule has 0 aliphatic rings. The topological polar surface area (TPSA) is 89.6 Å². The van der Waals surface area contributed by atoms with Crippen molar-refractivity contribution < 1.29 is 23.5 Å². The van der Waals surface area contributed by atoms with E-state index in [0.29, 0.717) is 17.2 Å². The lowest BCUT2D eigenvalue weighted by atomic mass is 10.2. The number of anilines is 1. The van der Waals surface area contributed by atoms with Crippen LogP contribution >= 0.6 is 0 Å². The fourth-order valence-electron chi connectivity index (χ4n) is 2.62. The number of hydrogen-bond acceptors (Lipinski definition) is 5. The molecule has 0 unspecified atom stereocenters. The molecule has 2 N–H and O–H groups in total. The van der Waals surface area contributed by atoms with Gasteiger partial charge in [0, 0.05) is 29.7 Å². The van der Waals surface area contributed by atoms with Crippen LogP contribution in [0.25, 0.3) is 0 Å². The Bertz CT molecular complexity index is 1030. The van der Waals surface area contributed by atoms with E-state index in [-0.39, 0.29) is 18.7 Å². The van der Waals surface area contributed by atoms with E-state index in [9.17, 15) is 14.0 Å². The Labute approximate surface area is 172 Å². The monoisotopic (exact) mass is 409 g/mol. The zero-order chi connectivity index (χ0) is 21.3. The number of methoxy groups -OCH3 is 1. The van der Waals surface area contributed by atoms with Gasteiger partial charge < -0.3 is 20.1 Å². The van der Waals surface area contributed by atoms with E-state index in [4.69, 9.17) is 9.47 Å². The number of benzene rings is 2. The maximum atomic E-state index is 13.6. The molecular weight excluding hydrogens is 389 g/mol. The van der Waals surface area contributed by atoms with Gasteiger partial charge in [-0.2, -0.15) is 0 Å². The largest absolute Gasteiger partial charge is 0.493 e. The highest BCUT2D eigenvalue weighted by Gasteiger charge is 2.13. The predicted molar refractivity (Wildman–Crippen MR) is 109 cm³/mol. The number of nitrogens with one attached hydrogen (secondary N) is 2. The van der Waals surface area contributed by atoms with Gasteiger partial charge in [-0.05, 0) is 30.3 Å². The van der Waals surface area contributed by atoms with Gasteiger partial charge in [0.25, 0.3) is 5.91 Å². The molecule has 0 saturated heterocycles. The van der Waals surface area contributed by atoms with Crippen LogP contribution in [-0.4, -0.2) is 30.5 Å². The Morgan fingerprint density at radius 1 is 1.07 bits per heavy atom. The SMILES string of the molecule is COc1ccc(NC(=O)CNC(=O)c2ccccc2F)cc1OCc1cccnc1. The molecule has 1 heterocycles. The zero-order valence-electron chi connectivity index (χ0n) is 16.2. The molecule has 154 valence electrons. The molecule has 7 nitrogen and oxygen atoms in total. The van der Waals surface area contributed by atoms with Crippen LogP contribution in [0.2, 0.25) is 0 Å². The number of rotatable bonds is 8. The van der Waals surface area contributed by atoms with E-state index in [0.717, 1.165) is 5.56 Å². The van der Waals surface area contributed by atoms with Crippen molar-refractivity contribution >= 4 is 17.5 Å². The van der Waals surface area contributed by atoms with E-state index < -0.39 is 17.6 Å². The number of nitrogens with zero attached hydrogens (tertiary/aromatic N) is 1. The van der Waals surface area contributed by atoms with E-state index in [1.165, 1.54) is 25.3 Å². The van der Waals surface area contributed by atoms with Crippen molar-refractivity contribution in [2.75, 3.05) is 19.0 Å². The van der Waals surface area contributed by atoms with Crippen LogP contribution in [0.3, 0.4) is 0 Å². The molecule has 0 radical (unpaired) electrons. The minimum atomic E-state index is -0.668. The van der Waals surface area contributed by atoms with Crippen molar-refractivity contribution in [2.45, 2.75) is 6.61 Å². The first kappa shape index (κ1) is 20.8. The van der Waals surface area contributed by atoms with Gasteiger partial charge in [0.2, 0.25) is 5.91 Å². The molecule has 0 bridgehead atoms. The fourth-order valence-corrected chi connectivity index (χ4v) is 2.62. The highest BCUT2D eigenvalue weighted by molar-refractivity contribution is 5.99. The molecule has 3 aromatic rings. The van der Waals surface area contributed by atoms with Gasteiger partial charge in [0.05, 0.1) is 19.2 Å². The highest BCUT2D eigenvalue weighted by Crippen LogP contribution is 2.30. The summed E-state index contributed by atoms with van der Waals surface area (Å²) in [5.74, 6) is -0.846. The second-order valence-corrected chi connectivity index (χ2v) is 6.23. The molecule has 0 aliphatic carbocycles. The van der Waals surface area contributed by atoms with Crippen LogP contribution in [-0.2, 0) is 11.4 Å². The van der Waals surface area contributed by atoms with E-state index >= 15 is 0 Å². The maximum Gasteiger partial charge on any atom is 0.254 e. The minimum Gasteiger partial charge on any atom is -0.493 e. The minimum absolute atomic E-state index is 0.124. The Morgan fingerprint density at radius 2 is 1.90 bits per heavy atom. The average Bonchev–Trinajstić information content (AvgIpc) is 2.77. The van der Waals surface area contributed by atoms with Crippen LogP contribution in [0.5, 0.6) is 11.5 Å². The van der Waals surface area contributed by atoms with Crippen molar-refractivity contribution in [2.24, 2.45) is 0 Å². The smallest absolute Gasteiger partial charge is 0.254 e. The van der Waals surface area contributed by atoms with Gasteiger partial charge in [0.1, 0.15) is 12.4 Å². The second kappa shape index (κ2) is 10.0. The number of carbonyl (C=O) groups excluding carboxylic acids is 2. The molecule has 8 heteroatoms. The first-order valence-corrected chi connectivity index (χ1v) is 9.09. The van der Waals surface area contributed by atoms with Crippen LogP contribution < -0.4 is 20.1 Å². The molecule has 1 aromatic heterocycles. The summed E-state index contributed by atoms with van der Waals surface area (Å²) in [6, 6.07) is 14.2. The molecule has 0 spiro atoms. The number of hydrogen-bond donors (Lipinski definition) is 2. The summed E-state index contributed by atoms with van der Waals surface area (Å²) in [6.45, 7) is -0.0363. The number of aromatic nitrogens is 1. The second-order valence-electron chi connectivity index (χ2n) is 6.23. The predicted octanol–water partition coefficient (Wildman–Crippen LogP) is 3.18. The summed E-state index contributed by atoms with van der Waals surface area (Å²) < 4.78 is 24.7. The number of halogens is 1. The summed E-state index contributed by atoms with van der Waals surface area (Å²) in [6.07, 6.45) is 3.36. The highest BCUT2D eigenvalue weighted by atomic mass is 19.1. The lowest BCUT2D eigenvalue weighted by Gasteiger charge is -2.13. The van der Waals surface area contributed by atoms with Crippen LogP contribution in [0.1, 0.15) is 15.9 Å². The normalized spacial score (nSPS) is 10.2. The van der Waals surface area contributed by atoms with Crippen molar-refractivity contribution in [3.63, 3.8) is 0 Å². The first-order valence-electron chi connectivity index (χ1n) is 9.09. The molecule has 2 aromatic carbocycles. The fraction of sp³-hybridized carbons (Fsp3) is 0.136. The lowest BCUT2D eigenvalue weighted by molar-refractivity contribution is -0.115. The van der Waals surface area contributed by atoms with E-state index in [1.807, 2.05) is 12.1 Å². The number of amides is 2. The van der Waals surface area contributed by atoms with Gasteiger partial charge in [-0.1, -0.05) is 18.2 Å². The van der Waals surface area contributed by atoms with Crippen LogP contribution in [0, 0.1) is 5.82 Å². The lowest BCUT2D eigenvalue weighted by Crippen LogP contribution is -2.33. The van der Waals surface area contributed by atoms with E-state index in [2.05, 4.69) is 15.6 Å². The molecule has 0 aliphatic heterocycles. The summed E-state index contributed by atoms with van der Waals surface area (Å²) in [5, 5.41) is 5.05. The maximum absolute atomic E-state index is 13.6. The summed E-state index contributed by atoms with van der Waals surface area (Å²) in [7, 11) is 1.52. The van der Waals surface area contributed by atoms with Crippen molar-refractivity contribution in [3.8, 4) is 11.5 Å². The molecule has 0 atom stereocenters. The standard InChI is InChI=1S/C22H20FN3O4/c1-29-19-9-8-16(11-20(19)30-14-15-5-4-10-24-12-15)26-21(27)13-25-22(28)17-6-2-3-7-18(17)23/h2-12H,13-14H2,1H3,(H,25,28)(H,26,27). The van der Waals surface area contributed by atoms with Gasteiger partial charge >= 0.3 is 0 Å². The van der Waals surface area contributed by atoms with Crippen LogP contribution in [0.15, 0.2) is 67.0 Å². The molecule has 30 heavy (non-hydrogen) atoms. The number of ether oxygens (including phenoxy) is 2. The third-order valence-electron chi connectivity index (χ3n) is 4.09. The van der Waals surface area contributed by atoms with Gasteiger partial charge in [-0.3, -0.25) is 14.6 Å². The Balaban J connectivity index is 1.59. The summed E-state index contributed by atoms with van der Waals surface area (Å²) in [4.78, 5) is 28.2. The quantitative estimate of drug-likeness (QED) is 0.597. The molecular formula is C22H20FN3O4. The third kappa shape index (κ3) is 5.54. The van der Waals surface area contributed by atoms with Crippen molar-refractivity contribution in [3.05, 3.63) is 83.9 Å². The number of pyridine rings is 1. The van der Waals surface area contributed by atoms with Crippen molar-refractivity contribution in [1.82, 2.24) is 10.3 Å². The van der Waals surface area contributed by atoms with Gasteiger partial charge in [-0.25, -0.2) is 4.39 Å². The third-order valence-corrected chi connectivity index (χ3v) is 4.09. The Kier molecular flexibility index (Phi) is 6.94. The van der Waals surface area contributed by atoms with E-state index in [1.54, 1.807) is 36.7 Å². The van der Waals surface area contributed by atoms with Crippen LogP contribution in [0.4, 0.5) is 10.1 Å². The van der Waals surface area contributed by atoms with Gasteiger partial charge in [-0.15, -0.1) is 0 Å². The van der Waals surface area contributed by atoms with Gasteiger partial charge in [0.15, 0.2) is 11.5 Å². The molecule has 3 rings (SSSR count). The zero-order valence-corrected chi connectivity index (χ0v) is 16.2. The average molecular weight is 409 g/mol.